The second-order valence-electron chi connectivity index (χ2n) is 3.41. The van der Waals surface area contributed by atoms with Crippen LogP contribution in [0, 0.1) is 0 Å². The summed E-state index contributed by atoms with van der Waals surface area (Å²) in [7, 11) is 1.84. The van der Waals surface area contributed by atoms with Crippen LogP contribution in [0.1, 0.15) is 0 Å². The van der Waals surface area contributed by atoms with Crippen LogP contribution in [-0.4, -0.2) is 12.0 Å². The predicted molar refractivity (Wildman–Crippen MR) is 76.2 cm³/mol. The van der Waals surface area contributed by atoms with Crippen molar-refractivity contribution in [2.75, 3.05) is 17.7 Å². The van der Waals surface area contributed by atoms with Crippen molar-refractivity contribution in [2.24, 2.45) is 0 Å². The number of rotatable bonds is 3. The first-order valence-electron chi connectivity index (χ1n) is 5.06. The third kappa shape index (κ3) is 3.11. The summed E-state index contributed by atoms with van der Waals surface area (Å²) in [5.74, 6) is 1.59. The third-order valence-corrected chi connectivity index (χ3v) is 3.43. The summed E-state index contributed by atoms with van der Waals surface area (Å²) in [6.07, 6.45) is 0. The fourth-order valence-electron chi connectivity index (χ4n) is 1.37. The highest BCUT2D eigenvalue weighted by Gasteiger charge is 2.01. The molecule has 0 fully saturated rings. The molecule has 1 aromatic heterocycles. The standard InChI is InChI=1S/C12H11BrClN3/c1-15-11-3-2-4-12(17-11)16-8-5-6-9(13)10(14)7-8/h2-7H,1H3,(H2,15,16,17). The van der Waals surface area contributed by atoms with Gasteiger partial charge in [-0.2, -0.15) is 0 Å². The Bertz CT molecular complexity index is 531. The van der Waals surface area contributed by atoms with Gasteiger partial charge in [0.1, 0.15) is 11.6 Å². The predicted octanol–water partition coefficient (Wildman–Crippen LogP) is 4.28. The molecule has 2 rings (SSSR count). The van der Waals surface area contributed by atoms with E-state index in [-0.39, 0.29) is 0 Å². The Morgan fingerprint density at radius 2 is 1.94 bits per heavy atom. The van der Waals surface area contributed by atoms with Crippen LogP contribution in [0.25, 0.3) is 0 Å². The van der Waals surface area contributed by atoms with Crippen LogP contribution in [-0.2, 0) is 0 Å². The molecule has 0 aliphatic rings. The first-order chi connectivity index (χ1) is 8.19. The molecule has 2 N–H and O–H groups in total. The number of nitrogens with zero attached hydrogens (tertiary/aromatic N) is 1. The maximum atomic E-state index is 6.02. The van der Waals surface area contributed by atoms with Crippen LogP contribution >= 0.6 is 27.5 Å². The molecule has 1 aromatic carbocycles. The maximum absolute atomic E-state index is 6.02. The van der Waals surface area contributed by atoms with E-state index in [1.807, 2.05) is 43.4 Å². The van der Waals surface area contributed by atoms with Gasteiger partial charge >= 0.3 is 0 Å². The Kier molecular flexibility index (Phi) is 3.86. The summed E-state index contributed by atoms with van der Waals surface area (Å²) in [4.78, 5) is 4.36. The largest absolute Gasteiger partial charge is 0.373 e. The zero-order chi connectivity index (χ0) is 12.3. The van der Waals surface area contributed by atoms with Gasteiger partial charge in [-0.3, -0.25) is 0 Å². The first-order valence-corrected chi connectivity index (χ1v) is 6.23. The molecule has 0 atom stereocenters. The summed E-state index contributed by atoms with van der Waals surface area (Å²) in [5.41, 5.74) is 0.902. The van der Waals surface area contributed by atoms with Crippen molar-refractivity contribution in [3.8, 4) is 0 Å². The van der Waals surface area contributed by atoms with Gasteiger partial charge in [0.05, 0.1) is 5.02 Å². The molecule has 5 heteroatoms. The van der Waals surface area contributed by atoms with Crippen LogP contribution in [0.15, 0.2) is 40.9 Å². The van der Waals surface area contributed by atoms with Gasteiger partial charge in [0, 0.05) is 17.2 Å². The van der Waals surface area contributed by atoms with E-state index in [1.165, 1.54) is 0 Å². The number of pyridine rings is 1. The molecule has 0 saturated carbocycles. The number of hydrogen-bond donors (Lipinski definition) is 2. The molecule has 0 aliphatic heterocycles. The normalized spacial score (nSPS) is 10.1. The van der Waals surface area contributed by atoms with E-state index in [1.54, 1.807) is 0 Å². The fraction of sp³-hybridized carbons (Fsp3) is 0.0833. The zero-order valence-corrected chi connectivity index (χ0v) is 11.5. The third-order valence-electron chi connectivity index (χ3n) is 2.20. The van der Waals surface area contributed by atoms with Crippen LogP contribution in [0.4, 0.5) is 17.3 Å². The Hall–Kier alpha value is -1.26. The van der Waals surface area contributed by atoms with Crippen molar-refractivity contribution < 1.29 is 0 Å². The van der Waals surface area contributed by atoms with Gasteiger partial charge in [0.25, 0.3) is 0 Å². The van der Waals surface area contributed by atoms with E-state index in [0.717, 1.165) is 21.8 Å². The van der Waals surface area contributed by atoms with Crippen molar-refractivity contribution in [3.05, 3.63) is 45.9 Å². The Labute approximate surface area is 113 Å². The first kappa shape index (κ1) is 12.2. The fourth-order valence-corrected chi connectivity index (χ4v) is 1.79. The van der Waals surface area contributed by atoms with Crippen LogP contribution in [0.3, 0.4) is 0 Å². The lowest BCUT2D eigenvalue weighted by molar-refractivity contribution is 1.28. The second-order valence-corrected chi connectivity index (χ2v) is 4.67. The average Bonchev–Trinajstić information content (AvgIpc) is 2.34. The van der Waals surface area contributed by atoms with E-state index in [4.69, 9.17) is 11.6 Å². The quantitative estimate of drug-likeness (QED) is 0.888. The molecule has 0 bridgehead atoms. The van der Waals surface area contributed by atoms with E-state index in [9.17, 15) is 0 Å². The molecule has 0 aliphatic carbocycles. The highest BCUT2D eigenvalue weighted by atomic mass is 79.9. The van der Waals surface area contributed by atoms with Gasteiger partial charge in [-0.1, -0.05) is 17.7 Å². The minimum Gasteiger partial charge on any atom is -0.373 e. The monoisotopic (exact) mass is 311 g/mol. The van der Waals surface area contributed by atoms with E-state index in [0.29, 0.717) is 5.02 Å². The molecule has 1 heterocycles. The lowest BCUT2D eigenvalue weighted by Gasteiger charge is -2.08. The molecule has 88 valence electrons. The molecule has 0 amide bonds. The van der Waals surface area contributed by atoms with Gasteiger partial charge in [0.2, 0.25) is 0 Å². The molecule has 2 aromatic rings. The van der Waals surface area contributed by atoms with Gasteiger partial charge in [-0.15, -0.1) is 0 Å². The molecule has 3 nitrogen and oxygen atoms in total. The smallest absolute Gasteiger partial charge is 0.132 e. The van der Waals surface area contributed by atoms with Gasteiger partial charge in [-0.25, -0.2) is 4.98 Å². The number of halogens is 2. The van der Waals surface area contributed by atoms with Crippen molar-refractivity contribution in [1.82, 2.24) is 4.98 Å². The number of nitrogens with one attached hydrogen (secondary N) is 2. The maximum Gasteiger partial charge on any atom is 0.132 e. The minimum absolute atomic E-state index is 0.666. The molecule has 17 heavy (non-hydrogen) atoms. The summed E-state index contributed by atoms with van der Waals surface area (Å²) < 4.78 is 0.877. The molecule has 0 spiro atoms. The lowest BCUT2D eigenvalue weighted by atomic mass is 10.3. The Morgan fingerprint density at radius 1 is 1.18 bits per heavy atom. The zero-order valence-electron chi connectivity index (χ0n) is 9.17. The summed E-state index contributed by atoms with van der Waals surface area (Å²) in [5, 5.41) is 6.85. The SMILES string of the molecule is CNc1cccc(Nc2ccc(Br)c(Cl)c2)n1. The van der Waals surface area contributed by atoms with E-state index >= 15 is 0 Å². The van der Waals surface area contributed by atoms with Gasteiger partial charge in [-0.05, 0) is 46.3 Å². The highest BCUT2D eigenvalue weighted by molar-refractivity contribution is 9.10. The summed E-state index contributed by atoms with van der Waals surface area (Å²) in [6.45, 7) is 0. The Morgan fingerprint density at radius 3 is 2.65 bits per heavy atom. The van der Waals surface area contributed by atoms with Crippen molar-refractivity contribution >= 4 is 44.9 Å². The molecular weight excluding hydrogens is 302 g/mol. The summed E-state index contributed by atoms with van der Waals surface area (Å²) in [6, 6.07) is 11.4. The van der Waals surface area contributed by atoms with E-state index < -0.39 is 0 Å². The van der Waals surface area contributed by atoms with Crippen molar-refractivity contribution in [3.63, 3.8) is 0 Å². The number of hydrogen-bond acceptors (Lipinski definition) is 3. The molecule has 0 unspecified atom stereocenters. The summed E-state index contributed by atoms with van der Waals surface area (Å²) >= 11 is 9.37. The van der Waals surface area contributed by atoms with Crippen LogP contribution in [0.5, 0.6) is 0 Å². The molecular formula is C12H11BrClN3. The minimum atomic E-state index is 0.666. The van der Waals surface area contributed by atoms with Crippen LogP contribution < -0.4 is 10.6 Å². The highest BCUT2D eigenvalue weighted by Crippen LogP contribution is 2.27. The van der Waals surface area contributed by atoms with Gasteiger partial charge < -0.3 is 10.6 Å². The topological polar surface area (TPSA) is 37.0 Å². The number of benzene rings is 1. The Balaban J connectivity index is 2.22. The number of anilines is 3. The molecule has 0 saturated heterocycles. The average molecular weight is 313 g/mol. The second kappa shape index (κ2) is 5.38. The van der Waals surface area contributed by atoms with Crippen LogP contribution in [0.2, 0.25) is 5.02 Å². The lowest BCUT2D eigenvalue weighted by Crippen LogP contribution is -1.97. The number of aromatic nitrogens is 1. The molecule has 0 radical (unpaired) electrons. The van der Waals surface area contributed by atoms with E-state index in [2.05, 4.69) is 31.5 Å². The van der Waals surface area contributed by atoms with Crippen molar-refractivity contribution in [2.45, 2.75) is 0 Å². The van der Waals surface area contributed by atoms with Crippen molar-refractivity contribution in [1.29, 1.82) is 0 Å². The van der Waals surface area contributed by atoms with Gasteiger partial charge in [0.15, 0.2) is 0 Å².